The summed E-state index contributed by atoms with van der Waals surface area (Å²) in [5.74, 6) is -0.569. The molecule has 2 aromatic carbocycles. The molecule has 1 aliphatic rings. The second kappa shape index (κ2) is 7.69. The number of benzene rings is 2. The number of carbonyl (C=O) groups is 1. The Labute approximate surface area is 162 Å². The summed E-state index contributed by atoms with van der Waals surface area (Å²) in [4.78, 5) is 16.9. The number of methoxy groups -OCH3 is 1. The van der Waals surface area contributed by atoms with Crippen LogP contribution in [0.1, 0.15) is 5.56 Å². The summed E-state index contributed by atoms with van der Waals surface area (Å²) in [6.07, 6.45) is 0.0476. The molecular formula is C19H16F2N2O4S. The van der Waals surface area contributed by atoms with Gasteiger partial charge in [-0.15, -0.1) is 0 Å². The average Bonchev–Trinajstić information content (AvgIpc) is 3.23. The highest BCUT2D eigenvalue weighted by Gasteiger charge is 2.16. The Hall–Kier alpha value is -2.78. The first-order valence-electron chi connectivity index (χ1n) is 8.48. The van der Waals surface area contributed by atoms with E-state index in [1.807, 2.05) is 0 Å². The summed E-state index contributed by atoms with van der Waals surface area (Å²) in [6, 6.07) is 7.28. The molecule has 1 aliphatic heterocycles. The van der Waals surface area contributed by atoms with Gasteiger partial charge in [0.2, 0.25) is 6.79 Å². The van der Waals surface area contributed by atoms with E-state index in [9.17, 15) is 13.6 Å². The third-order valence-electron chi connectivity index (χ3n) is 4.23. The van der Waals surface area contributed by atoms with Crippen molar-refractivity contribution >= 4 is 27.5 Å². The molecule has 0 unspecified atom stereocenters. The van der Waals surface area contributed by atoms with E-state index in [1.54, 1.807) is 18.2 Å². The fourth-order valence-corrected chi connectivity index (χ4v) is 4.09. The van der Waals surface area contributed by atoms with Crippen LogP contribution in [-0.4, -0.2) is 31.0 Å². The van der Waals surface area contributed by atoms with E-state index in [2.05, 4.69) is 4.99 Å². The van der Waals surface area contributed by atoms with Crippen molar-refractivity contribution in [3.05, 3.63) is 52.3 Å². The van der Waals surface area contributed by atoms with Crippen molar-refractivity contribution in [3.63, 3.8) is 0 Å². The van der Waals surface area contributed by atoms with Gasteiger partial charge < -0.3 is 18.8 Å². The Morgan fingerprint density at radius 1 is 1.25 bits per heavy atom. The van der Waals surface area contributed by atoms with Crippen LogP contribution in [-0.2, 0) is 22.5 Å². The number of aromatic nitrogens is 1. The Kier molecular flexibility index (Phi) is 5.10. The number of fused-ring (bicyclic) bond motifs is 2. The Morgan fingerprint density at radius 3 is 2.89 bits per heavy atom. The molecule has 0 fully saturated rings. The smallest absolute Gasteiger partial charge is 0.252 e. The molecule has 1 amide bonds. The number of amides is 1. The van der Waals surface area contributed by atoms with Crippen molar-refractivity contribution in [2.45, 2.75) is 13.0 Å². The maximum atomic E-state index is 14.3. The molecule has 0 aliphatic carbocycles. The lowest BCUT2D eigenvalue weighted by molar-refractivity contribution is -0.117. The molecule has 4 rings (SSSR count). The number of hydrogen-bond donors (Lipinski definition) is 0. The van der Waals surface area contributed by atoms with Crippen LogP contribution in [0.5, 0.6) is 11.5 Å². The standard InChI is InChI=1S/C19H16F2N2O4S/c1-25-5-4-23-18-13(21)8-12(20)9-16(18)28-19(23)22-17(24)7-11-2-3-14-15(6-11)27-10-26-14/h2-3,6,8-9H,4-5,7,10H2,1H3. The minimum absolute atomic E-state index is 0.0476. The summed E-state index contributed by atoms with van der Waals surface area (Å²) in [5, 5.41) is 0. The van der Waals surface area contributed by atoms with Gasteiger partial charge in [-0.05, 0) is 23.8 Å². The zero-order valence-corrected chi connectivity index (χ0v) is 15.7. The van der Waals surface area contributed by atoms with Crippen molar-refractivity contribution in [1.29, 1.82) is 0 Å². The lowest BCUT2D eigenvalue weighted by atomic mass is 10.1. The normalized spacial score (nSPS) is 13.5. The fraction of sp³-hybridized carbons (Fsp3) is 0.263. The second-order valence-electron chi connectivity index (χ2n) is 6.13. The number of hydrogen-bond acceptors (Lipinski definition) is 5. The van der Waals surface area contributed by atoms with Crippen molar-refractivity contribution in [1.82, 2.24) is 4.57 Å². The zero-order valence-electron chi connectivity index (χ0n) is 14.9. The van der Waals surface area contributed by atoms with E-state index < -0.39 is 17.5 Å². The van der Waals surface area contributed by atoms with Crippen molar-refractivity contribution in [2.24, 2.45) is 4.99 Å². The molecule has 0 bridgehead atoms. The van der Waals surface area contributed by atoms with Gasteiger partial charge in [-0.25, -0.2) is 8.78 Å². The summed E-state index contributed by atoms with van der Waals surface area (Å²) >= 11 is 1.06. The Balaban J connectivity index is 1.69. The van der Waals surface area contributed by atoms with Crippen LogP contribution < -0.4 is 14.3 Å². The molecule has 0 saturated heterocycles. The second-order valence-corrected chi connectivity index (χ2v) is 7.14. The average molecular weight is 406 g/mol. The molecule has 9 heteroatoms. The Morgan fingerprint density at radius 2 is 2.07 bits per heavy atom. The lowest BCUT2D eigenvalue weighted by Gasteiger charge is -2.05. The third-order valence-corrected chi connectivity index (χ3v) is 5.25. The quantitative estimate of drug-likeness (QED) is 0.654. The first-order valence-corrected chi connectivity index (χ1v) is 9.30. The van der Waals surface area contributed by atoms with E-state index in [0.717, 1.165) is 23.0 Å². The van der Waals surface area contributed by atoms with Gasteiger partial charge in [0.15, 0.2) is 22.1 Å². The first-order chi connectivity index (χ1) is 13.5. The molecule has 3 aromatic rings. The molecule has 28 heavy (non-hydrogen) atoms. The van der Waals surface area contributed by atoms with Crippen molar-refractivity contribution in [2.75, 3.05) is 20.5 Å². The number of ether oxygens (including phenoxy) is 3. The summed E-state index contributed by atoms with van der Waals surface area (Å²) in [5.41, 5.74) is 0.929. The molecule has 0 saturated carbocycles. The van der Waals surface area contributed by atoms with Crippen molar-refractivity contribution in [3.8, 4) is 11.5 Å². The molecule has 0 N–H and O–H groups in total. The van der Waals surface area contributed by atoms with Gasteiger partial charge in [-0.1, -0.05) is 17.4 Å². The maximum Gasteiger partial charge on any atom is 0.252 e. The van der Waals surface area contributed by atoms with Crippen LogP contribution in [0.15, 0.2) is 35.3 Å². The Bertz CT molecular complexity index is 1120. The van der Waals surface area contributed by atoms with E-state index in [4.69, 9.17) is 14.2 Å². The number of rotatable bonds is 5. The van der Waals surface area contributed by atoms with Gasteiger partial charge in [-0.2, -0.15) is 4.99 Å². The topological polar surface area (TPSA) is 62.1 Å². The van der Waals surface area contributed by atoms with Gasteiger partial charge in [0.05, 0.1) is 23.2 Å². The van der Waals surface area contributed by atoms with Gasteiger partial charge in [0.25, 0.3) is 5.91 Å². The summed E-state index contributed by atoms with van der Waals surface area (Å²) in [7, 11) is 1.52. The molecule has 0 atom stereocenters. The SMILES string of the molecule is COCCn1c(=NC(=O)Cc2ccc3c(c2)OCO3)sc2cc(F)cc(F)c21. The molecule has 1 aromatic heterocycles. The largest absolute Gasteiger partial charge is 0.454 e. The molecular weight excluding hydrogens is 390 g/mol. The van der Waals surface area contributed by atoms with E-state index >= 15 is 0 Å². The summed E-state index contributed by atoms with van der Waals surface area (Å²) in [6.45, 7) is 0.738. The fourth-order valence-electron chi connectivity index (χ4n) is 2.98. The van der Waals surface area contributed by atoms with Crippen LogP contribution in [0.2, 0.25) is 0 Å². The third kappa shape index (κ3) is 3.63. The minimum atomic E-state index is -0.702. The van der Waals surface area contributed by atoms with Gasteiger partial charge in [0.1, 0.15) is 5.82 Å². The summed E-state index contributed by atoms with van der Waals surface area (Å²) < 4.78 is 45.4. The van der Waals surface area contributed by atoms with Crippen LogP contribution in [0.25, 0.3) is 10.2 Å². The number of carbonyl (C=O) groups excluding carboxylic acids is 1. The number of halogens is 2. The zero-order chi connectivity index (χ0) is 19.7. The van der Waals surface area contributed by atoms with Crippen LogP contribution in [0.4, 0.5) is 8.78 Å². The van der Waals surface area contributed by atoms with Crippen LogP contribution in [0, 0.1) is 11.6 Å². The lowest BCUT2D eigenvalue weighted by Crippen LogP contribution is -2.20. The van der Waals surface area contributed by atoms with E-state index in [0.29, 0.717) is 27.6 Å². The number of thiazole rings is 1. The van der Waals surface area contributed by atoms with Gasteiger partial charge in [0, 0.05) is 19.7 Å². The molecule has 146 valence electrons. The predicted molar refractivity (Wildman–Crippen MR) is 98.4 cm³/mol. The predicted octanol–water partition coefficient (Wildman–Crippen LogP) is 3.03. The molecule has 0 spiro atoms. The molecule has 2 heterocycles. The molecule has 0 radical (unpaired) electrons. The highest BCUT2D eigenvalue weighted by atomic mass is 32.1. The van der Waals surface area contributed by atoms with E-state index in [-0.39, 0.29) is 25.3 Å². The van der Waals surface area contributed by atoms with Crippen LogP contribution >= 0.6 is 11.3 Å². The van der Waals surface area contributed by atoms with Crippen LogP contribution in [0.3, 0.4) is 0 Å². The highest BCUT2D eigenvalue weighted by Crippen LogP contribution is 2.32. The van der Waals surface area contributed by atoms with Crippen molar-refractivity contribution < 1.29 is 27.8 Å². The highest BCUT2D eigenvalue weighted by molar-refractivity contribution is 7.16. The first kappa shape index (κ1) is 18.6. The number of nitrogens with zero attached hydrogens (tertiary/aromatic N) is 2. The molecule has 6 nitrogen and oxygen atoms in total. The monoisotopic (exact) mass is 406 g/mol. The van der Waals surface area contributed by atoms with Gasteiger partial charge >= 0.3 is 0 Å². The van der Waals surface area contributed by atoms with Gasteiger partial charge in [-0.3, -0.25) is 4.79 Å². The minimum Gasteiger partial charge on any atom is -0.454 e. The maximum absolute atomic E-state index is 14.3. The van der Waals surface area contributed by atoms with E-state index in [1.165, 1.54) is 17.7 Å².